The summed E-state index contributed by atoms with van der Waals surface area (Å²) in [5, 5.41) is 0.230. The third kappa shape index (κ3) is 18.7. The Bertz CT molecular complexity index is 1730. The van der Waals surface area contributed by atoms with Gasteiger partial charge in [-0.15, -0.1) is 0 Å². The van der Waals surface area contributed by atoms with E-state index in [9.17, 15) is 0 Å². The molecule has 7 nitrogen and oxygen atoms in total. The van der Waals surface area contributed by atoms with Crippen LogP contribution in [0.1, 0.15) is 89.5 Å². The summed E-state index contributed by atoms with van der Waals surface area (Å²) >= 11 is 0. The summed E-state index contributed by atoms with van der Waals surface area (Å²) in [5.74, 6) is 0. The molecule has 4 aromatic carbocycles. The summed E-state index contributed by atoms with van der Waals surface area (Å²) in [4.78, 5) is 0. The van der Waals surface area contributed by atoms with E-state index < -0.39 is 16.6 Å². The van der Waals surface area contributed by atoms with Crippen molar-refractivity contribution in [1.82, 2.24) is 0 Å². The normalized spacial score (nSPS) is 14.7. The third-order valence-corrected chi connectivity index (χ3v) is 21.5. The molecule has 4 atom stereocenters. The third-order valence-electron chi connectivity index (χ3n) is 12.5. The molecular formula is C52H78O7Si2. The summed E-state index contributed by atoms with van der Waals surface area (Å²) in [6.07, 6.45) is 2.34. The summed E-state index contributed by atoms with van der Waals surface area (Å²) in [6.45, 7) is 27.1. The van der Waals surface area contributed by atoms with Gasteiger partial charge in [-0.05, 0) is 84.2 Å². The summed E-state index contributed by atoms with van der Waals surface area (Å²) < 4.78 is 46.7. The number of ether oxygens (including phenoxy) is 5. The Morgan fingerprint density at radius 1 is 0.393 bits per heavy atom. The minimum Gasteiger partial charge on any atom is -0.417 e. The highest BCUT2D eigenvalue weighted by molar-refractivity contribution is 6.74. The van der Waals surface area contributed by atoms with Gasteiger partial charge in [0.15, 0.2) is 16.6 Å². The second kappa shape index (κ2) is 25.4. The van der Waals surface area contributed by atoms with E-state index in [2.05, 4.69) is 165 Å². The molecule has 0 aromatic heterocycles. The first-order chi connectivity index (χ1) is 29.0. The fourth-order valence-corrected chi connectivity index (χ4v) is 8.36. The van der Waals surface area contributed by atoms with Gasteiger partial charge in [-0.25, -0.2) is 0 Å². The van der Waals surface area contributed by atoms with Gasteiger partial charge in [-0.2, -0.15) is 0 Å². The predicted molar refractivity (Wildman–Crippen MR) is 256 cm³/mol. The highest BCUT2D eigenvalue weighted by Gasteiger charge is 2.38. The van der Waals surface area contributed by atoms with E-state index in [-0.39, 0.29) is 34.5 Å². The van der Waals surface area contributed by atoms with Crippen LogP contribution in [-0.4, -0.2) is 67.5 Å². The Kier molecular flexibility index (Phi) is 21.1. The number of hydrogen-bond acceptors (Lipinski definition) is 7. The van der Waals surface area contributed by atoms with Crippen molar-refractivity contribution in [1.29, 1.82) is 0 Å². The molecule has 0 saturated heterocycles. The van der Waals surface area contributed by atoms with E-state index >= 15 is 0 Å². The minimum atomic E-state index is -1.98. The molecule has 61 heavy (non-hydrogen) atoms. The van der Waals surface area contributed by atoms with Crippen LogP contribution in [0.2, 0.25) is 36.3 Å². The molecule has 0 aliphatic heterocycles. The molecule has 336 valence electrons. The fourth-order valence-electron chi connectivity index (χ4n) is 6.26. The van der Waals surface area contributed by atoms with Crippen molar-refractivity contribution in [3.05, 3.63) is 144 Å². The fraction of sp³-hybridized carbons (Fsp3) is 0.538. The molecule has 0 fully saturated rings. The van der Waals surface area contributed by atoms with Crippen molar-refractivity contribution in [2.75, 3.05) is 26.4 Å². The molecule has 0 spiro atoms. The van der Waals surface area contributed by atoms with E-state index in [1.807, 2.05) is 24.3 Å². The Balaban J connectivity index is 1.47. The minimum absolute atomic E-state index is 0.0796. The first kappa shape index (κ1) is 50.7. The van der Waals surface area contributed by atoms with Gasteiger partial charge in [0, 0.05) is 13.2 Å². The zero-order chi connectivity index (χ0) is 44.2. The maximum Gasteiger partial charge on any atom is 0.192 e. The average molecular weight is 871 g/mol. The lowest BCUT2D eigenvalue weighted by Gasteiger charge is -2.37. The number of hydrogen-bond donors (Lipinski definition) is 0. The van der Waals surface area contributed by atoms with Crippen LogP contribution in [0.3, 0.4) is 0 Å². The molecule has 0 bridgehead atoms. The molecule has 9 heteroatoms. The van der Waals surface area contributed by atoms with Gasteiger partial charge in [-0.3, -0.25) is 0 Å². The first-order valence-corrected chi connectivity index (χ1v) is 28.3. The molecule has 0 radical (unpaired) electrons. The highest BCUT2D eigenvalue weighted by atomic mass is 28.4. The molecule has 0 heterocycles. The van der Waals surface area contributed by atoms with Crippen molar-refractivity contribution >= 4 is 16.6 Å². The van der Waals surface area contributed by atoms with Crippen LogP contribution in [-0.2, 0) is 59.0 Å². The largest absolute Gasteiger partial charge is 0.417 e. The molecule has 0 aliphatic carbocycles. The lowest BCUT2D eigenvalue weighted by Crippen LogP contribution is -2.43. The second-order valence-electron chi connectivity index (χ2n) is 19.4. The molecule has 0 aliphatic rings. The van der Waals surface area contributed by atoms with E-state index in [1.54, 1.807) is 0 Å². The SMILES string of the molecule is CC(C)(C)[Si](C)(C)OCC[C@@H](OCc1ccccc1)[C@@H](CCOC[C@H](CC[C@@H](CO[Si](C)(C)C(C)(C)C)OCc1ccccc1)OCc1ccccc1)OCc1ccccc1. The van der Waals surface area contributed by atoms with Crippen LogP contribution in [0.25, 0.3) is 0 Å². The number of rotatable bonds is 28. The van der Waals surface area contributed by atoms with Crippen molar-refractivity contribution < 1.29 is 32.5 Å². The maximum absolute atomic E-state index is 6.75. The Labute approximate surface area is 372 Å². The van der Waals surface area contributed by atoms with E-state index in [0.717, 1.165) is 41.5 Å². The molecule has 0 amide bonds. The Hall–Kier alpha value is -2.97. The van der Waals surface area contributed by atoms with Gasteiger partial charge in [-0.1, -0.05) is 163 Å². The topological polar surface area (TPSA) is 64.6 Å². The van der Waals surface area contributed by atoms with Crippen LogP contribution >= 0.6 is 0 Å². The summed E-state index contributed by atoms with van der Waals surface area (Å²) in [5.41, 5.74) is 4.55. The van der Waals surface area contributed by atoms with Gasteiger partial charge in [0.1, 0.15) is 0 Å². The van der Waals surface area contributed by atoms with Crippen molar-refractivity contribution in [2.24, 2.45) is 0 Å². The Morgan fingerprint density at radius 3 is 1.10 bits per heavy atom. The average Bonchev–Trinajstić information content (AvgIpc) is 3.23. The van der Waals surface area contributed by atoms with Gasteiger partial charge in [0.05, 0.1) is 64.1 Å². The molecule has 4 rings (SSSR count). The quantitative estimate of drug-likeness (QED) is 0.0416. The summed E-state index contributed by atoms with van der Waals surface area (Å²) in [6, 6.07) is 41.5. The molecule has 0 unspecified atom stereocenters. The van der Waals surface area contributed by atoms with Crippen molar-refractivity contribution in [2.45, 2.75) is 154 Å². The van der Waals surface area contributed by atoms with Gasteiger partial charge < -0.3 is 32.5 Å². The smallest absolute Gasteiger partial charge is 0.192 e. The van der Waals surface area contributed by atoms with E-state index in [1.165, 1.54) is 0 Å². The van der Waals surface area contributed by atoms with E-state index in [0.29, 0.717) is 59.3 Å². The van der Waals surface area contributed by atoms with Gasteiger partial charge >= 0.3 is 0 Å². The van der Waals surface area contributed by atoms with Crippen LogP contribution in [0, 0.1) is 0 Å². The molecular weight excluding hydrogens is 793 g/mol. The molecule has 4 aromatic rings. The lowest BCUT2D eigenvalue weighted by molar-refractivity contribution is -0.106. The van der Waals surface area contributed by atoms with Gasteiger partial charge in [0.2, 0.25) is 0 Å². The highest BCUT2D eigenvalue weighted by Crippen LogP contribution is 2.38. The zero-order valence-electron chi connectivity index (χ0n) is 39.2. The van der Waals surface area contributed by atoms with Crippen molar-refractivity contribution in [3.8, 4) is 0 Å². The predicted octanol–water partition coefficient (Wildman–Crippen LogP) is 12.9. The van der Waals surface area contributed by atoms with Crippen LogP contribution in [0.4, 0.5) is 0 Å². The standard InChI is InChI=1S/C52H78O7Si2/c1-51(2,3)60(7,8)58-36-34-50(57-40-46-29-21-14-22-30-46)49(56-39-45-27-19-13-20-28-45)33-35-53-41-47(54-37-43-23-15-11-16-24-43)31-32-48(42-59-61(9,10)52(4,5)6)55-38-44-25-17-12-18-26-44/h11-30,47-50H,31-42H2,1-10H3/t47-,48-,49+,50+/m0/s1. The van der Waals surface area contributed by atoms with Crippen LogP contribution in [0.15, 0.2) is 121 Å². The van der Waals surface area contributed by atoms with Crippen LogP contribution in [0.5, 0.6) is 0 Å². The molecule has 0 N–H and O–H groups in total. The lowest BCUT2D eigenvalue weighted by atomic mass is 10.1. The maximum atomic E-state index is 6.75. The molecule has 0 saturated carbocycles. The summed E-state index contributed by atoms with van der Waals surface area (Å²) in [7, 11) is -3.94. The monoisotopic (exact) mass is 871 g/mol. The second-order valence-corrected chi connectivity index (χ2v) is 29.0. The zero-order valence-corrected chi connectivity index (χ0v) is 41.2. The first-order valence-electron chi connectivity index (χ1n) is 22.5. The van der Waals surface area contributed by atoms with Crippen LogP contribution < -0.4 is 0 Å². The van der Waals surface area contributed by atoms with Gasteiger partial charge in [0.25, 0.3) is 0 Å². The number of benzene rings is 4. The van der Waals surface area contributed by atoms with Crippen molar-refractivity contribution in [3.63, 3.8) is 0 Å². The van der Waals surface area contributed by atoms with E-state index in [4.69, 9.17) is 32.5 Å². The Morgan fingerprint density at radius 2 is 0.721 bits per heavy atom.